The van der Waals surface area contributed by atoms with Crippen molar-refractivity contribution in [1.29, 1.82) is 0 Å². The number of hydrogen-bond acceptors (Lipinski definition) is 3. The summed E-state index contributed by atoms with van der Waals surface area (Å²) in [5, 5.41) is 0. The number of amides is 1. The van der Waals surface area contributed by atoms with E-state index in [0.29, 0.717) is 0 Å². The van der Waals surface area contributed by atoms with E-state index >= 15 is 0 Å². The Morgan fingerprint density at radius 1 is 0.943 bits per heavy atom. The summed E-state index contributed by atoms with van der Waals surface area (Å²) >= 11 is 0. The monoisotopic (exact) mass is 489 g/mol. The number of halogens is 1. The van der Waals surface area contributed by atoms with E-state index in [4.69, 9.17) is 5.73 Å². The molecule has 5 heteroatoms. The molecule has 1 aliphatic carbocycles. The molecule has 0 radical (unpaired) electrons. The van der Waals surface area contributed by atoms with Gasteiger partial charge in [0.15, 0.2) is 0 Å². The van der Waals surface area contributed by atoms with Crippen molar-refractivity contribution in [3.8, 4) is 11.1 Å². The van der Waals surface area contributed by atoms with Gasteiger partial charge < -0.3 is 15.5 Å². The molecule has 0 bridgehead atoms. The zero-order chi connectivity index (χ0) is 23.8. The molecule has 184 valence electrons. The Labute approximate surface area is 215 Å². The van der Waals surface area contributed by atoms with Gasteiger partial charge in [-0.25, -0.2) is 0 Å². The minimum atomic E-state index is -0.295. The number of unbranched alkanes of at least 4 members (excludes halogenated alkanes) is 1. The van der Waals surface area contributed by atoms with Gasteiger partial charge in [0.2, 0.25) is 0 Å². The van der Waals surface area contributed by atoms with Crippen LogP contribution in [0.25, 0.3) is 11.1 Å². The highest BCUT2D eigenvalue weighted by molar-refractivity contribution is 6.03. The van der Waals surface area contributed by atoms with E-state index in [0.717, 1.165) is 68.7 Å². The molecular formula is C30H36ClN3O. The molecule has 1 aliphatic heterocycles. The maximum Gasteiger partial charge on any atom is 0.251 e. The Hall–Kier alpha value is -2.98. The van der Waals surface area contributed by atoms with Crippen molar-refractivity contribution in [3.63, 3.8) is 0 Å². The molecule has 4 nitrogen and oxygen atoms in total. The molecular weight excluding hydrogens is 454 g/mol. The van der Waals surface area contributed by atoms with Gasteiger partial charge in [0, 0.05) is 38.3 Å². The summed E-state index contributed by atoms with van der Waals surface area (Å²) in [7, 11) is 0. The number of carbonyl (C=O) groups is 1. The van der Waals surface area contributed by atoms with Gasteiger partial charge in [-0.3, -0.25) is 4.79 Å². The fourth-order valence-electron chi connectivity index (χ4n) is 5.75. The number of rotatable bonds is 6. The lowest BCUT2D eigenvalue weighted by atomic mass is 9.91. The summed E-state index contributed by atoms with van der Waals surface area (Å²) in [5.74, 6) is -0.295. The summed E-state index contributed by atoms with van der Waals surface area (Å²) in [6, 6.07) is 17.5. The highest BCUT2D eigenvalue weighted by Gasteiger charge is 2.31. The number of piperazine rings is 1. The van der Waals surface area contributed by atoms with Gasteiger partial charge in [0.25, 0.3) is 5.91 Å². The SMILES string of the molecule is CCCCc1cc2c(c(N3CCN(c4cccc(C)c4C)CC3)c1C(N)=O)Cc1ccccc1-2.Cl. The lowest BCUT2D eigenvalue weighted by Gasteiger charge is -2.40. The molecule has 0 atom stereocenters. The molecule has 2 N–H and O–H groups in total. The van der Waals surface area contributed by atoms with Gasteiger partial charge in [-0.2, -0.15) is 0 Å². The average molecular weight is 490 g/mol. The normalized spacial score (nSPS) is 14.4. The van der Waals surface area contributed by atoms with Crippen LogP contribution in [-0.4, -0.2) is 32.1 Å². The Bertz CT molecular complexity index is 1240. The van der Waals surface area contributed by atoms with Crippen LogP contribution in [0.2, 0.25) is 0 Å². The number of nitrogens with two attached hydrogens (primary N) is 1. The average Bonchev–Trinajstić information content (AvgIpc) is 3.22. The van der Waals surface area contributed by atoms with Crippen LogP contribution in [0.1, 0.15) is 57.9 Å². The molecule has 1 fully saturated rings. The summed E-state index contributed by atoms with van der Waals surface area (Å²) in [5.41, 5.74) is 18.2. The van der Waals surface area contributed by atoms with Crippen LogP contribution >= 0.6 is 12.4 Å². The molecule has 1 saturated heterocycles. The van der Waals surface area contributed by atoms with Gasteiger partial charge in [-0.15, -0.1) is 12.4 Å². The van der Waals surface area contributed by atoms with E-state index in [1.165, 1.54) is 39.1 Å². The first kappa shape index (κ1) is 25.1. The van der Waals surface area contributed by atoms with Crippen LogP contribution in [0.15, 0.2) is 48.5 Å². The number of benzene rings is 3. The number of fused-ring (bicyclic) bond motifs is 3. The second-order valence-corrected chi connectivity index (χ2v) is 9.78. The maximum atomic E-state index is 12.9. The molecule has 35 heavy (non-hydrogen) atoms. The van der Waals surface area contributed by atoms with E-state index in [1.54, 1.807) is 0 Å². The van der Waals surface area contributed by atoms with Gasteiger partial charge in [-0.05, 0) is 77.8 Å². The van der Waals surface area contributed by atoms with E-state index in [2.05, 4.69) is 79.1 Å². The van der Waals surface area contributed by atoms with Crippen LogP contribution in [0.3, 0.4) is 0 Å². The molecule has 0 aromatic heterocycles. The minimum absolute atomic E-state index is 0. The second kappa shape index (κ2) is 10.3. The predicted molar refractivity (Wildman–Crippen MR) is 149 cm³/mol. The van der Waals surface area contributed by atoms with Crippen LogP contribution in [0, 0.1) is 13.8 Å². The number of carbonyl (C=O) groups excluding carboxylic acids is 1. The van der Waals surface area contributed by atoms with Crippen LogP contribution in [-0.2, 0) is 12.8 Å². The van der Waals surface area contributed by atoms with Crippen LogP contribution in [0.5, 0.6) is 0 Å². The van der Waals surface area contributed by atoms with Gasteiger partial charge in [0.1, 0.15) is 0 Å². The summed E-state index contributed by atoms with van der Waals surface area (Å²) in [4.78, 5) is 17.8. The molecule has 0 unspecified atom stereocenters. The Kier molecular flexibility index (Phi) is 7.42. The number of anilines is 2. The smallest absolute Gasteiger partial charge is 0.251 e. The molecule has 3 aromatic carbocycles. The number of primary amides is 1. The Morgan fingerprint density at radius 2 is 1.66 bits per heavy atom. The van der Waals surface area contributed by atoms with Crippen molar-refractivity contribution in [1.82, 2.24) is 0 Å². The van der Waals surface area contributed by atoms with E-state index < -0.39 is 0 Å². The summed E-state index contributed by atoms with van der Waals surface area (Å²) in [6.45, 7) is 10.2. The number of aryl methyl sites for hydroxylation is 2. The fraction of sp³-hybridized carbons (Fsp3) is 0.367. The lowest BCUT2D eigenvalue weighted by molar-refractivity contribution is 0.0999. The first-order chi connectivity index (χ1) is 16.5. The summed E-state index contributed by atoms with van der Waals surface area (Å²) in [6.07, 6.45) is 3.91. The molecule has 0 spiro atoms. The molecule has 1 amide bonds. The summed E-state index contributed by atoms with van der Waals surface area (Å²) < 4.78 is 0. The zero-order valence-corrected chi connectivity index (χ0v) is 21.9. The minimum Gasteiger partial charge on any atom is -0.368 e. The first-order valence-electron chi connectivity index (χ1n) is 12.6. The van der Waals surface area contributed by atoms with Crippen molar-refractivity contribution >= 4 is 29.7 Å². The third-order valence-electron chi connectivity index (χ3n) is 7.72. The standard InChI is InChI=1S/C30H35N3O.ClH/c1-4-5-10-23-19-25-24-12-7-6-11-22(24)18-26(25)29(28(23)30(31)34)33-16-14-32(15-17-33)27-13-8-9-20(2)21(27)3;/h6-9,11-13,19H,4-5,10,14-18H2,1-3H3,(H2,31,34);1H. The number of hydrogen-bond donors (Lipinski definition) is 1. The largest absolute Gasteiger partial charge is 0.368 e. The second-order valence-electron chi connectivity index (χ2n) is 9.78. The fourth-order valence-corrected chi connectivity index (χ4v) is 5.75. The van der Waals surface area contributed by atoms with Crippen LogP contribution in [0.4, 0.5) is 11.4 Å². The number of nitrogens with zero attached hydrogens (tertiary/aromatic N) is 2. The quantitative estimate of drug-likeness (QED) is 0.358. The van der Waals surface area contributed by atoms with E-state index in [9.17, 15) is 4.79 Å². The Balaban J connectivity index is 0.00000289. The maximum absolute atomic E-state index is 12.9. The van der Waals surface area contributed by atoms with Gasteiger partial charge in [0.05, 0.1) is 11.3 Å². The molecule has 0 saturated carbocycles. The zero-order valence-electron chi connectivity index (χ0n) is 21.1. The van der Waals surface area contributed by atoms with Gasteiger partial charge >= 0.3 is 0 Å². The topological polar surface area (TPSA) is 49.6 Å². The lowest BCUT2D eigenvalue weighted by Crippen LogP contribution is -2.47. The predicted octanol–water partition coefficient (Wildman–Crippen LogP) is 6.06. The Morgan fingerprint density at radius 3 is 2.37 bits per heavy atom. The van der Waals surface area contributed by atoms with Crippen molar-refractivity contribution in [2.24, 2.45) is 5.73 Å². The molecule has 3 aromatic rings. The van der Waals surface area contributed by atoms with Crippen molar-refractivity contribution in [2.45, 2.75) is 46.5 Å². The third-order valence-corrected chi connectivity index (χ3v) is 7.72. The van der Waals surface area contributed by atoms with Gasteiger partial charge in [-0.1, -0.05) is 49.7 Å². The van der Waals surface area contributed by atoms with Crippen molar-refractivity contribution in [2.75, 3.05) is 36.0 Å². The molecule has 5 rings (SSSR count). The highest BCUT2D eigenvalue weighted by atomic mass is 35.5. The highest BCUT2D eigenvalue weighted by Crippen LogP contribution is 2.45. The first-order valence-corrected chi connectivity index (χ1v) is 12.6. The van der Waals surface area contributed by atoms with E-state index in [-0.39, 0.29) is 18.3 Å². The van der Waals surface area contributed by atoms with E-state index in [1.807, 2.05) is 0 Å². The van der Waals surface area contributed by atoms with Crippen molar-refractivity contribution in [3.05, 3.63) is 81.9 Å². The third kappa shape index (κ3) is 4.52. The molecule has 2 aliphatic rings. The van der Waals surface area contributed by atoms with Crippen molar-refractivity contribution < 1.29 is 4.79 Å². The molecule has 1 heterocycles. The van der Waals surface area contributed by atoms with Crippen LogP contribution < -0.4 is 15.5 Å².